The summed E-state index contributed by atoms with van der Waals surface area (Å²) >= 11 is 0. The highest BCUT2D eigenvalue weighted by atomic mass is 32.2. The van der Waals surface area contributed by atoms with Gasteiger partial charge in [0.2, 0.25) is 0 Å². The molecule has 0 bridgehead atoms. The minimum Gasteiger partial charge on any atom is -0.355 e. The highest BCUT2D eigenvalue weighted by molar-refractivity contribution is 7.92. The number of aliphatic hydroxyl groups excluding tert-OH is 1. The summed E-state index contributed by atoms with van der Waals surface area (Å²) in [4.78, 5) is 0. The van der Waals surface area contributed by atoms with Crippen LogP contribution in [0.15, 0.2) is 0 Å². The zero-order valence-electron chi connectivity index (χ0n) is 8.97. The first-order valence-corrected chi connectivity index (χ1v) is 7.68. The van der Waals surface area contributed by atoms with Crippen LogP contribution in [-0.4, -0.2) is 37.4 Å². The van der Waals surface area contributed by atoms with E-state index in [2.05, 4.69) is 9.05 Å². The molecule has 0 aromatic carbocycles. The molecule has 0 aliphatic carbocycles. The monoisotopic (exact) mass is 300 g/mol. The van der Waals surface area contributed by atoms with Gasteiger partial charge in [0.1, 0.15) is 0 Å². The topological polar surface area (TPSA) is 89.9 Å². The van der Waals surface area contributed by atoms with E-state index in [-0.39, 0.29) is 12.8 Å². The molecule has 0 heterocycles. The normalized spacial score (nSPS) is 18.7. The van der Waals surface area contributed by atoms with E-state index in [4.69, 9.17) is 5.11 Å². The molecule has 0 aromatic rings. The lowest BCUT2D eigenvalue weighted by Crippen LogP contribution is -2.35. The van der Waals surface area contributed by atoms with E-state index in [1.54, 1.807) is 0 Å². The second-order valence-corrected chi connectivity index (χ2v) is 7.03. The van der Waals surface area contributed by atoms with Gasteiger partial charge in [-0.1, -0.05) is 6.92 Å². The van der Waals surface area contributed by atoms with Gasteiger partial charge in [0.25, 0.3) is 5.62 Å². The summed E-state index contributed by atoms with van der Waals surface area (Å²) < 4.78 is 77.3. The van der Waals surface area contributed by atoms with Crippen molar-refractivity contribution < 1.29 is 40.3 Å². The minimum atomic E-state index is -5.96. The molecule has 0 saturated carbocycles. The SMILES string of the molecule is CCOP(=O)(CC)OC(O)S(=O)(=O)C(F)(F)F. The van der Waals surface area contributed by atoms with Gasteiger partial charge in [-0.15, -0.1) is 0 Å². The van der Waals surface area contributed by atoms with Gasteiger partial charge < -0.3 is 9.63 Å². The summed E-state index contributed by atoms with van der Waals surface area (Å²) in [5, 5.41) is 8.82. The molecule has 2 unspecified atom stereocenters. The highest BCUT2D eigenvalue weighted by Crippen LogP contribution is 2.49. The smallest absolute Gasteiger partial charge is 0.355 e. The number of halogens is 3. The number of sulfone groups is 1. The van der Waals surface area contributed by atoms with Gasteiger partial charge in [0.05, 0.1) is 6.61 Å². The van der Waals surface area contributed by atoms with Crippen molar-refractivity contribution in [3.63, 3.8) is 0 Å². The highest BCUT2D eigenvalue weighted by Gasteiger charge is 2.53. The largest absolute Gasteiger partial charge is 0.502 e. The van der Waals surface area contributed by atoms with Crippen LogP contribution in [0, 0.1) is 0 Å². The molecule has 104 valence electrons. The van der Waals surface area contributed by atoms with E-state index in [0.29, 0.717) is 0 Å². The molecule has 17 heavy (non-hydrogen) atoms. The minimum absolute atomic E-state index is 0.163. The standard InChI is InChI=1S/C6H12F3O6PS/c1-3-14-16(11,4-2)15-5(10)17(12,13)6(7,8)9/h5,10H,3-4H2,1-2H3. The molecule has 11 heteroatoms. The van der Waals surface area contributed by atoms with Crippen LogP contribution >= 0.6 is 7.60 Å². The Morgan fingerprint density at radius 3 is 2.12 bits per heavy atom. The molecular weight excluding hydrogens is 288 g/mol. The van der Waals surface area contributed by atoms with Crippen LogP contribution in [0.1, 0.15) is 13.8 Å². The van der Waals surface area contributed by atoms with Crippen molar-refractivity contribution in [1.82, 2.24) is 0 Å². The van der Waals surface area contributed by atoms with Crippen molar-refractivity contribution in [2.75, 3.05) is 12.8 Å². The van der Waals surface area contributed by atoms with Crippen LogP contribution in [-0.2, 0) is 23.4 Å². The molecule has 0 aromatic heterocycles. The molecule has 0 aliphatic rings. The lowest BCUT2D eigenvalue weighted by Gasteiger charge is -2.20. The average Bonchev–Trinajstić information content (AvgIpc) is 2.16. The van der Waals surface area contributed by atoms with Crippen LogP contribution in [0.2, 0.25) is 0 Å². The van der Waals surface area contributed by atoms with Gasteiger partial charge in [0.15, 0.2) is 0 Å². The molecule has 0 radical (unpaired) electrons. The fourth-order valence-corrected chi connectivity index (χ4v) is 2.84. The summed E-state index contributed by atoms with van der Waals surface area (Å²) in [5.74, 6) is 0. The second-order valence-electron chi connectivity index (χ2n) is 2.75. The summed E-state index contributed by atoms with van der Waals surface area (Å²) in [5.41, 5.74) is -8.96. The maximum absolute atomic E-state index is 12.0. The van der Waals surface area contributed by atoms with Gasteiger partial charge in [-0.2, -0.15) is 13.2 Å². The van der Waals surface area contributed by atoms with Crippen LogP contribution in [0.25, 0.3) is 0 Å². The summed E-state index contributed by atoms with van der Waals surface area (Å²) in [6, 6.07) is 0. The van der Waals surface area contributed by atoms with Crippen molar-refractivity contribution in [2.24, 2.45) is 0 Å². The average molecular weight is 300 g/mol. The van der Waals surface area contributed by atoms with Gasteiger partial charge in [-0.3, -0.25) is 9.09 Å². The van der Waals surface area contributed by atoms with Gasteiger partial charge >= 0.3 is 22.9 Å². The first-order chi connectivity index (χ1) is 7.50. The van der Waals surface area contributed by atoms with Crippen molar-refractivity contribution in [3.05, 3.63) is 0 Å². The maximum atomic E-state index is 12.0. The van der Waals surface area contributed by atoms with Crippen molar-refractivity contribution >= 4 is 17.4 Å². The number of alkyl halides is 3. The molecule has 0 fully saturated rings. The van der Waals surface area contributed by atoms with Gasteiger partial charge in [-0.05, 0) is 6.92 Å². The summed E-state index contributed by atoms with van der Waals surface area (Å²) in [7, 11) is -10.0. The first kappa shape index (κ1) is 16.9. The van der Waals surface area contributed by atoms with Crippen LogP contribution in [0.3, 0.4) is 0 Å². The summed E-state index contributed by atoms with van der Waals surface area (Å²) in [6.07, 6.45) is -0.370. The second kappa shape index (κ2) is 5.66. The third kappa shape index (κ3) is 4.22. The molecule has 0 saturated heterocycles. The lowest BCUT2D eigenvalue weighted by atomic mass is 10.9. The third-order valence-electron chi connectivity index (χ3n) is 1.55. The van der Waals surface area contributed by atoms with E-state index in [0.717, 1.165) is 0 Å². The van der Waals surface area contributed by atoms with E-state index < -0.39 is 28.6 Å². The fraction of sp³-hybridized carbons (Fsp3) is 1.00. The molecule has 1 N–H and O–H groups in total. The van der Waals surface area contributed by atoms with Gasteiger partial charge in [-0.25, -0.2) is 8.42 Å². The number of aliphatic hydroxyl groups is 1. The molecule has 0 spiro atoms. The Bertz CT molecular complexity index is 391. The van der Waals surface area contributed by atoms with Crippen LogP contribution in [0.5, 0.6) is 0 Å². The van der Waals surface area contributed by atoms with Crippen molar-refractivity contribution in [2.45, 2.75) is 25.0 Å². The zero-order valence-corrected chi connectivity index (χ0v) is 10.7. The van der Waals surface area contributed by atoms with E-state index in [9.17, 15) is 26.2 Å². The quantitative estimate of drug-likeness (QED) is 0.590. The predicted molar refractivity (Wildman–Crippen MR) is 51.8 cm³/mol. The van der Waals surface area contributed by atoms with E-state index in [1.165, 1.54) is 13.8 Å². The van der Waals surface area contributed by atoms with Crippen molar-refractivity contribution in [1.29, 1.82) is 0 Å². The lowest BCUT2D eigenvalue weighted by molar-refractivity contribution is -0.0582. The first-order valence-electron chi connectivity index (χ1n) is 4.40. The molecule has 2 atom stereocenters. The number of hydrogen-bond donors (Lipinski definition) is 1. The fourth-order valence-electron chi connectivity index (χ4n) is 0.701. The Morgan fingerprint density at radius 1 is 1.35 bits per heavy atom. The molecular formula is C6H12F3O6PS. The number of hydrogen-bond acceptors (Lipinski definition) is 6. The van der Waals surface area contributed by atoms with E-state index >= 15 is 0 Å². The molecule has 0 amide bonds. The Balaban J connectivity index is 4.99. The number of rotatable bonds is 6. The Hall–Kier alpha value is -0.150. The molecule has 0 rings (SSSR count). The Kier molecular flexibility index (Phi) is 5.61. The molecule has 6 nitrogen and oxygen atoms in total. The predicted octanol–water partition coefficient (Wildman–Crippen LogP) is 1.46. The summed E-state index contributed by atoms with van der Waals surface area (Å²) in [6.45, 7) is 2.48. The van der Waals surface area contributed by atoms with Crippen molar-refractivity contribution in [3.8, 4) is 0 Å². The van der Waals surface area contributed by atoms with E-state index in [1.807, 2.05) is 0 Å². The maximum Gasteiger partial charge on any atom is 0.502 e. The Morgan fingerprint density at radius 2 is 1.82 bits per heavy atom. The Labute approximate surface area is 96.2 Å². The van der Waals surface area contributed by atoms with Crippen LogP contribution < -0.4 is 0 Å². The van der Waals surface area contributed by atoms with Crippen LogP contribution in [0.4, 0.5) is 13.2 Å². The molecule has 0 aliphatic heterocycles. The zero-order chi connectivity index (χ0) is 13.9. The third-order valence-corrected chi connectivity index (χ3v) is 4.91. The van der Waals surface area contributed by atoms with Gasteiger partial charge in [0, 0.05) is 6.16 Å².